The van der Waals surface area contributed by atoms with Gasteiger partial charge in [0, 0.05) is 23.2 Å². The number of azide groups is 1. The maximum atomic E-state index is 12.5. The molecule has 0 radical (unpaired) electrons. The van der Waals surface area contributed by atoms with Crippen LogP contribution in [-0.2, 0) is 45.8 Å². The van der Waals surface area contributed by atoms with Gasteiger partial charge in [0.05, 0.1) is 38.0 Å². The number of carbonyl (C=O) groups excluding carboxylic acids is 2. The zero-order valence-corrected chi connectivity index (χ0v) is 32.8. The van der Waals surface area contributed by atoms with Crippen LogP contribution in [0.3, 0.4) is 0 Å². The van der Waals surface area contributed by atoms with E-state index in [1.807, 2.05) is 6.92 Å². The highest BCUT2D eigenvalue weighted by Crippen LogP contribution is 2.66. The van der Waals surface area contributed by atoms with Gasteiger partial charge in [0.25, 0.3) is 5.91 Å². The lowest BCUT2D eigenvalue weighted by Gasteiger charge is -2.19. The zero-order valence-electron chi connectivity index (χ0n) is 30.1. The number of nitrogens with one attached hydrogen (secondary N) is 2. The molecule has 1 saturated heterocycles. The van der Waals surface area contributed by atoms with Gasteiger partial charge < -0.3 is 54.9 Å². The number of phosphoric ester groups is 1. The Balaban J connectivity index is 1.40. The molecule has 1 aliphatic rings. The van der Waals surface area contributed by atoms with Crippen molar-refractivity contribution in [2.45, 2.75) is 51.2 Å². The van der Waals surface area contributed by atoms with Crippen molar-refractivity contribution < 1.29 is 75.0 Å². The summed E-state index contributed by atoms with van der Waals surface area (Å²) < 4.78 is 69.2. The second kappa shape index (κ2) is 22.7. The van der Waals surface area contributed by atoms with Crippen molar-refractivity contribution in [3.63, 3.8) is 0 Å². The van der Waals surface area contributed by atoms with Gasteiger partial charge in [-0.3, -0.25) is 18.7 Å². The minimum absolute atomic E-state index is 0.0455. The topological polar surface area (TPSA) is 365 Å². The molecule has 1 aliphatic heterocycles. The Morgan fingerprint density at radius 2 is 1.93 bits per heavy atom. The lowest BCUT2D eigenvalue weighted by molar-refractivity contribution is -0.126. The fraction of sp³-hybridized carbons (Fsp3) is 0.517. The second-order valence-electron chi connectivity index (χ2n) is 11.5. The van der Waals surface area contributed by atoms with E-state index in [4.69, 9.17) is 40.0 Å². The second-order valence-corrected chi connectivity index (χ2v) is 15.9. The van der Waals surface area contributed by atoms with Crippen molar-refractivity contribution >= 4 is 41.1 Å². The Hall–Kier alpha value is -4.20. The number of hydrogen-bond donors (Lipinski definition) is 7. The molecule has 5 atom stereocenters. The smallest absolute Gasteiger partial charge is 0.490 e. The zero-order chi connectivity index (χ0) is 42.1. The fourth-order valence-electron chi connectivity index (χ4n) is 4.57. The predicted octanol–water partition coefficient (Wildman–Crippen LogP) is 1.59. The lowest BCUT2D eigenvalue weighted by atomic mass is 10.2. The van der Waals surface area contributed by atoms with Crippen LogP contribution in [0.15, 0.2) is 40.4 Å². The van der Waals surface area contributed by atoms with Gasteiger partial charge in [-0.15, -0.1) is 0 Å². The number of nitrogens with zero attached hydrogens (tertiary/aromatic N) is 5. The number of rotatable bonds is 23. The molecule has 28 heteroatoms. The number of anilines is 1. The number of hydrogen-bond acceptors (Lipinski definition) is 16. The first-order valence-corrected chi connectivity index (χ1v) is 21.2. The SMILES string of the molecule is CCCCNC(=O)c1cccc(OCC(N=[N+]=[N-])OCCOCC(=O)NCC#Cc2cn([C@H]3CC[C@@H](COP(=O)(O)OP(=O)(O)OP(=O)(O)O)O3)c(=O)nc2N)c1. The first kappa shape index (κ1) is 47.2. The molecular weight excluding hydrogens is 825 g/mol. The molecule has 1 fully saturated rings. The predicted molar refractivity (Wildman–Crippen MR) is 195 cm³/mol. The number of aromatic nitrogens is 2. The van der Waals surface area contributed by atoms with Crippen molar-refractivity contribution in [1.29, 1.82) is 0 Å². The molecule has 1 aromatic heterocycles. The molecule has 0 spiro atoms. The molecule has 314 valence electrons. The number of benzene rings is 1. The first-order chi connectivity index (χ1) is 26.9. The quantitative estimate of drug-likeness (QED) is 0.0208. The van der Waals surface area contributed by atoms with E-state index in [0.717, 1.165) is 17.4 Å². The summed E-state index contributed by atoms with van der Waals surface area (Å²) in [6.07, 6.45) is 0.413. The molecule has 2 amide bonds. The van der Waals surface area contributed by atoms with E-state index in [1.165, 1.54) is 6.20 Å². The largest absolute Gasteiger partial charge is 0.491 e. The average molecular weight is 867 g/mol. The van der Waals surface area contributed by atoms with Gasteiger partial charge in [-0.2, -0.15) is 13.6 Å². The summed E-state index contributed by atoms with van der Waals surface area (Å²) in [5.74, 6) is 4.69. The number of nitrogen functional groups attached to an aromatic ring is 1. The molecular formula is C29H41N8O17P3. The molecule has 8 N–H and O–H groups in total. The van der Waals surface area contributed by atoms with Crippen LogP contribution in [0.2, 0.25) is 0 Å². The molecule has 2 aromatic rings. The Bertz CT molecular complexity index is 2020. The fourth-order valence-corrected chi connectivity index (χ4v) is 7.62. The van der Waals surface area contributed by atoms with E-state index in [0.29, 0.717) is 17.9 Å². The molecule has 57 heavy (non-hydrogen) atoms. The van der Waals surface area contributed by atoms with E-state index in [2.05, 4.69) is 50.6 Å². The summed E-state index contributed by atoms with van der Waals surface area (Å²) in [5.41, 5.74) is 14.4. The van der Waals surface area contributed by atoms with Crippen molar-refractivity contribution in [1.82, 2.24) is 20.2 Å². The highest BCUT2D eigenvalue weighted by molar-refractivity contribution is 7.66. The van der Waals surface area contributed by atoms with Gasteiger partial charge >= 0.3 is 29.2 Å². The van der Waals surface area contributed by atoms with Crippen LogP contribution in [-0.4, -0.2) is 99.4 Å². The summed E-state index contributed by atoms with van der Waals surface area (Å²) in [4.78, 5) is 79.6. The van der Waals surface area contributed by atoms with Crippen LogP contribution >= 0.6 is 23.5 Å². The van der Waals surface area contributed by atoms with Gasteiger partial charge in [-0.1, -0.05) is 36.4 Å². The van der Waals surface area contributed by atoms with Gasteiger partial charge in [-0.05, 0) is 43.0 Å². The van der Waals surface area contributed by atoms with Crippen LogP contribution in [0.1, 0.15) is 54.8 Å². The summed E-state index contributed by atoms with van der Waals surface area (Å²) in [5, 5.41) is 8.84. The highest BCUT2D eigenvalue weighted by atomic mass is 31.3. The Kier molecular flexibility index (Phi) is 18.8. The maximum Gasteiger partial charge on any atom is 0.490 e. The molecule has 1 aromatic carbocycles. The average Bonchev–Trinajstić information content (AvgIpc) is 3.59. The lowest BCUT2D eigenvalue weighted by Crippen LogP contribution is -2.29. The first-order valence-electron chi connectivity index (χ1n) is 16.7. The standard InChI is InChI=1S/C29H41N8O17P3/c1-2-3-11-33-28(39)20-6-4-8-22(15-20)50-19-25(35-36-31)49-14-13-48-18-24(38)32-12-5-7-21-16-37(29(40)34-27(21)30)26-10-9-23(52-26)17-51-56(44,45)54-57(46,47)53-55(41,42)43/h4,6,8,15-16,23,25-26H,2-3,9-14,17-19H2,1H3,(H,32,38)(H,33,39)(H,44,45)(H,46,47)(H2,30,34,40)(H2,41,42,43)/t23-,25?,26+/m0/s1. The summed E-state index contributed by atoms with van der Waals surface area (Å²) in [6.45, 7) is 1.09. The van der Waals surface area contributed by atoms with Crippen LogP contribution in [0.4, 0.5) is 5.82 Å². The third-order valence-electron chi connectivity index (χ3n) is 7.07. The highest BCUT2D eigenvalue weighted by Gasteiger charge is 2.41. The van der Waals surface area contributed by atoms with Crippen LogP contribution in [0.25, 0.3) is 10.4 Å². The number of ether oxygens (including phenoxy) is 4. The number of nitrogens with two attached hydrogens (primary N) is 1. The van der Waals surface area contributed by atoms with E-state index >= 15 is 0 Å². The Morgan fingerprint density at radius 3 is 2.65 bits per heavy atom. The molecule has 25 nitrogen and oxygen atoms in total. The minimum Gasteiger partial charge on any atom is -0.491 e. The van der Waals surface area contributed by atoms with Crippen molar-refractivity contribution in [3.8, 4) is 17.6 Å². The molecule has 3 unspecified atom stereocenters. The molecule has 2 heterocycles. The number of carbonyl (C=O) groups is 2. The molecule has 3 rings (SSSR count). The summed E-state index contributed by atoms with van der Waals surface area (Å²) >= 11 is 0. The number of phosphoric acid groups is 3. The van der Waals surface area contributed by atoms with Crippen LogP contribution in [0, 0.1) is 11.8 Å². The normalized spacial score (nSPS) is 17.8. The maximum absolute atomic E-state index is 12.5. The van der Waals surface area contributed by atoms with Gasteiger partial charge in [0.15, 0.2) is 6.23 Å². The van der Waals surface area contributed by atoms with Gasteiger partial charge in [0.2, 0.25) is 5.91 Å². The van der Waals surface area contributed by atoms with Crippen molar-refractivity contribution in [2.24, 2.45) is 5.11 Å². The Labute approximate surface area is 324 Å². The van der Waals surface area contributed by atoms with Crippen LogP contribution < -0.4 is 26.8 Å². The van der Waals surface area contributed by atoms with Gasteiger partial charge in [0.1, 0.15) is 31.0 Å². The summed E-state index contributed by atoms with van der Waals surface area (Å²) in [6, 6.07) is 6.48. The van der Waals surface area contributed by atoms with Crippen molar-refractivity contribution in [3.05, 3.63) is 62.5 Å². The minimum atomic E-state index is -5.70. The van der Waals surface area contributed by atoms with E-state index in [9.17, 15) is 37.9 Å². The monoisotopic (exact) mass is 866 g/mol. The summed E-state index contributed by atoms with van der Waals surface area (Å²) in [7, 11) is -16.6. The molecule has 0 aliphatic carbocycles. The Morgan fingerprint density at radius 1 is 1.16 bits per heavy atom. The van der Waals surface area contributed by atoms with Gasteiger partial charge in [-0.25, -0.2) is 18.5 Å². The van der Waals surface area contributed by atoms with E-state index in [-0.39, 0.29) is 63.1 Å². The molecule has 0 bridgehead atoms. The third-order valence-corrected chi connectivity index (χ3v) is 10.9. The third kappa shape index (κ3) is 17.9. The van der Waals surface area contributed by atoms with E-state index < -0.39 is 60.2 Å². The molecule has 0 saturated carbocycles. The van der Waals surface area contributed by atoms with Crippen LogP contribution in [0.5, 0.6) is 5.75 Å². The number of amides is 2. The number of unbranched alkanes of at least 4 members (excludes halogenated alkanes) is 1. The van der Waals surface area contributed by atoms with Crippen molar-refractivity contribution in [2.75, 3.05) is 51.9 Å². The van der Waals surface area contributed by atoms with E-state index in [1.54, 1.807) is 24.3 Å².